The lowest BCUT2D eigenvalue weighted by Crippen LogP contribution is -2.56. The molecule has 0 aromatic heterocycles. The van der Waals surface area contributed by atoms with Gasteiger partial charge in [0, 0.05) is 6.08 Å². The van der Waals surface area contributed by atoms with Crippen LogP contribution < -0.4 is 0 Å². The fraction of sp³-hybridized carbons (Fsp3) is 0.778. The van der Waals surface area contributed by atoms with Crippen LogP contribution in [-0.4, -0.2) is 26.3 Å². The standard InChI is InChI=1S/C9H16N2O3/c1-8(2)5-7(10(12)13)6-9(3,4)11(8)14/h5,14H,6H2,1-4H3. The van der Waals surface area contributed by atoms with Crippen molar-refractivity contribution in [2.75, 3.05) is 0 Å². The molecule has 0 saturated carbocycles. The summed E-state index contributed by atoms with van der Waals surface area (Å²) in [5.74, 6) is 0. The number of hydroxylamine groups is 2. The summed E-state index contributed by atoms with van der Waals surface area (Å²) < 4.78 is 0. The van der Waals surface area contributed by atoms with Crippen LogP contribution in [0.25, 0.3) is 0 Å². The lowest BCUT2D eigenvalue weighted by Gasteiger charge is -2.44. The highest BCUT2D eigenvalue weighted by molar-refractivity contribution is 5.15. The van der Waals surface area contributed by atoms with Crippen molar-refractivity contribution in [3.05, 3.63) is 21.9 Å². The lowest BCUT2D eigenvalue weighted by molar-refractivity contribution is -0.435. The van der Waals surface area contributed by atoms with E-state index in [0.29, 0.717) is 0 Å². The van der Waals surface area contributed by atoms with Crippen LogP contribution in [0.15, 0.2) is 11.8 Å². The normalized spacial score (nSPS) is 25.6. The third-order valence-electron chi connectivity index (χ3n) is 2.49. The SMILES string of the molecule is CC1(C)C=C([N+](=O)[O-])CC(C)(C)N1O. The van der Waals surface area contributed by atoms with E-state index in [2.05, 4.69) is 0 Å². The van der Waals surface area contributed by atoms with E-state index >= 15 is 0 Å². The molecule has 0 aliphatic carbocycles. The van der Waals surface area contributed by atoms with Gasteiger partial charge in [-0.1, -0.05) is 0 Å². The molecule has 5 heteroatoms. The predicted octanol–water partition coefficient (Wildman–Crippen LogP) is 1.80. The van der Waals surface area contributed by atoms with Crippen molar-refractivity contribution in [1.82, 2.24) is 5.06 Å². The van der Waals surface area contributed by atoms with Gasteiger partial charge in [-0.15, -0.1) is 0 Å². The third-order valence-corrected chi connectivity index (χ3v) is 2.49. The second-order valence-corrected chi connectivity index (χ2v) is 4.85. The maximum absolute atomic E-state index is 10.7. The van der Waals surface area contributed by atoms with Gasteiger partial charge in [-0.2, -0.15) is 5.06 Å². The number of hydrogen-bond donors (Lipinski definition) is 1. The molecule has 1 aliphatic heterocycles. The van der Waals surface area contributed by atoms with Crippen LogP contribution in [0, 0.1) is 10.1 Å². The molecule has 1 aliphatic rings. The zero-order chi connectivity index (χ0) is 11.1. The molecule has 0 fully saturated rings. The summed E-state index contributed by atoms with van der Waals surface area (Å²) in [6.07, 6.45) is 1.75. The van der Waals surface area contributed by atoms with Gasteiger partial charge in [0.05, 0.1) is 22.4 Å². The Morgan fingerprint density at radius 2 is 2.00 bits per heavy atom. The minimum atomic E-state index is -0.690. The molecule has 0 spiro atoms. The van der Waals surface area contributed by atoms with Gasteiger partial charge in [0.1, 0.15) is 0 Å². The van der Waals surface area contributed by atoms with E-state index in [1.165, 1.54) is 11.1 Å². The Hall–Kier alpha value is -0.940. The minimum Gasteiger partial charge on any atom is -0.313 e. The fourth-order valence-corrected chi connectivity index (χ4v) is 1.94. The quantitative estimate of drug-likeness (QED) is 0.517. The Bertz CT molecular complexity index is 294. The summed E-state index contributed by atoms with van der Waals surface area (Å²) in [7, 11) is 0. The largest absolute Gasteiger partial charge is 0.313 e. The van der Waals surface area contributed by atoms with E-state index in [-0.39, 0.29) is 17.0 Å². The first-order valence-electron chi connectivity index (χ1n) is 4.52. The first-order chi connectivity index (χ1) is 6.17. The maximum Gasteiger partial charge on any atom is 0.246 e. The van der Waals surface area contributed by atoms with Crippen LogP contribution in [0.5, 0.6) is 0 Å². The van der Waals surface area contributed by atoms with Crippen LogP contribution in [0.4, 0.5) is 0 Å². The summed E-state index contributed by atoms with van der Waals surface area (Å²) in [5.41, 5.74) is -1.12. The number of hydrogen-bond acceptors (Lipinski definition) is 4. The minimum absolute atomic E-state index is 0.172. The maximum atomic E-state index is 10.7. The Kier molecular flexibility index (Phi) is 2.41. The molecule has 0 unspecified atom stereocenters. The van der Waals surface area contributed by atoms with Crippen LogP contribution in [-0.2, 0) is 0 Å². The molecule has 5 nitrogen and oxygen atoms in total. The summed E-state index contributed by atoms with van der Waals surface area (Å²) in [4.78, 5) is 10.3. The molecule has 0 aromatic carbocycles. The van der Waals surface area contributed by atoms with Crippen LogP contribution in [0.3, 0.4) is 0 Å². The van der Waals surface area contributed by atoms with Gasteiger partial charge >= 0.3 is 0 Å². The van der Waals surface area contributed by atoms with Crippen molar-refractivity contribution < 1.29 is 10.1 Å². The molecule has 80 valence electrons. The van der Waals surface area contributed by atoms with Crippen molar-refractivity contribution in [2.45, 2.75) is 45.2 Å². The Morgan fingerprint density at radius 1 is 1.50 bits per heavy atom. The van der Waals surface area contributed by atoms with Gasteiger partial charge in [-0.25, -0.2) is 0 Å². The topological polar surface area (TPSA) is 66.6 Å². The van der Waals surface area contributed by atoms with E-state index in [4.69, 9.17) is 0 Å². The van der Waals surface area contributed by atoms with Crippen LogP contribution in [0.1, 0.15) is 34.1 Å². The van der Waals surface area contributed by atoms with E-state index in [1.54, 1.807) is 27.7 Å². The van der Waals surface area contributed by atoms with Gasteiger partial charge in [0.25, 0.3) is 0 Å². The average Bonchev–Trinajstić information content (AvgIpc) is 1.98. The van der Waals surface area contributed by atoms with E-state index in [9.17, 15) is 15.3 Å². The van der Waals surface area contributed by atoms with E-state index in [1.807, 2.05) is 0 Å². The molecule has 0 bridgehead atoms. The van der Waals surface area contributed by atoms with E-state index < -0.39 is 11.1 Å². The Morgan fingerprint density at radius 3 is 2.36 bits per heavy atom. The number of nitro groups is 1. The van der Waals surface area contributed by atoms with Crippen LogP contribution >= 0.6 is 0 Å². The fourth-order valence-electron chi connectivity index (χ4n) is 1.94. The van der Waals surface area contributed by atoms with E-state index in [0.717, 1.165) is 0 Å². The zero-order valence-corrected chi connectivity index (χ0v) is 8.94. The summed E-state index contributed by atoms with van der Waals surface area (Å²) in [6, 6.07) is 0. The molecular weight excluding hydrogens is 184 g/mol. The highest BCUT2D eigenvalue weighted by Crippen LogP contribution is 2.35. The molecule has 0 aromatic rings. The molecule has 14 heavy (non-hydrogen) atoms. The van der Waals surface area contributed by atoms with Crippen molar-refractivity contribution in [1.29, 1.82) is 0 Å². The smallest absolute Gasteiger partial charge is 0.246 e. The monoisotopic (exact) mass is 200 g/mol. The molecule has 1 N–H and O–H groups in total. The Balaban J connectivity index is 3.12. The molecule has 1 rings (SSSR count). The molecule has 1 heterocycles. The highest BCUT2D eigenvalue weighted by Gasteiger charge is 2.44. The van der Waals surface area contributed by atoms with Gasteiger partial charge < -0.3 is 5.21 Å². The van der Waals surface area contributed by atoms with Gasteiger partial charge in [-0.05, 0) is 27.7 Å². The molecule has 0 radical (unpaired) electrons. The van der Waals surface area contributed by atoms with Crippen molar-refractivity contribution in [3.8, 4) is 0 Å². The summed E-state index contributed by atoms with van der Waals surface area (Å²) in [6.45, 7) is 7.06. The van der Waals surface area contributed by atoms with Gasteiger partial charge in [0.2, 0.25) is 5.70 Å². The predicted molar refractivity (Wildman–Crippen MR) is 51.5 cm³/mol. The first kappa shape index (κ1) is 11.1. The second-order valence-electron chi connectivity index (χ2n) is 4.85. The molecular formula is C9H16N2O3. The number of rotatable bonds is 1. The second kappa shape index (κ2) is 3.03. The molecule has 0 saturated heterocycles. The van der Waals surface area contributed by atoms with Gasteiger partial charge in [0.15, 0.2) is 0 Å². The van der Waals surface area contributed by atoms with Crippen molar-refractivity contribution in [2.24, 2.45) is 0 Å². The van der Waals surface area contributed by atoms with Crippen molar-refractivity contribution in [3.63, 3.8) is 0 Å². The summed E-state index contributed by atoms with van der Waals surface area (Å²) >= 11 is 0. The lowest BCUT2D eigenvalue weighted by atomic mass is 9.86. The van der Waals surface area contributed by atoms with Crippen molar-refractivity contribution >= 4 is 0 Å². The Labute approximate surface area is 83.1 Å². The summed E-state index contributed by atoms with van der Waals surface area (Å²) in [5, 5.41) is 21.7. The highest BCUT2D eigenvalue weighted by atomic mass is 16.6. The van der Waals surface area contributed by atoms with Gasteiger partial charge in [-0.3, -0.25) is 10.1 Å². The number of nitrogens with zero attached hydrogens (tertiary/aromatic N) is 2. The molecule has 0 atom stereocenters. The molecule has 0 amide bonds. The average molecular weight is 200 g/mol. The third kappa shape index (κ3) is 1.78. The van der Waals surface area contributed by atoms with Crippen LogP contribution in [0.2, 0.25) is 0 Å². The zero-order valence-electron chi connectivity index (χ0n) is 8.94. The first-order valence-corrected chi connectivity index (χ1v) is 4.52.